The van der Waals surface area contributed by atoms with Crippen molar-refractivity contribution in [3.63, 3.8) is 0 Å². The molecule has 0 saturated carbocycles. The maximum absolute atomic E-state index is 12.7. The molecule has 186 valence electrons. The summed E-state index contributed by atoms with van der Waals surface area (Å²) in [5, 5.41) is 0. The molecule has 0 spiro atoms. The fraction of sp³-hybridized carbons (Fsp3) is 0.172. The number of hydrogen-bond donors (Lipinski definition) is 0. The van der Waals surface area contributed by atoms with Crippen LogP contribution in [0.25, 0.3) is 0 Å². The molecule has 0 unspecified atom stereocenters. The highest BCUT2D eigenvalue weighted by Crippen LogP contribution is 2.30. The largest absolute Gasteiger partial charge is 0.587 e. The molecule has 0 aliphatic carbocycles. The van der Waals surface area contributed by atoms with Gasteiger partial charge in [-0.3, -0.25) is 9.98 Å². The van der Waals surface area contributed by atoms with Crippen molar-refractivity contribution < 1.29 is 9.22 Å². The van der Waals surface area contributed by atoms with Crippen molar-refractivity contribution in [1.29, 1.82) is 0 Å². The molecule has 0 fully saturated rings. The number of carbonyl (C=O) groups excluding carboxylic acids is 2. The van der Waals surface area contributed by atoms with Gasteiger partial charge in [0.05, 0.1) is 23.8 Å². The molecule has 8 nitrogen and oxygen atoms in total. The van der Waals surface area contributed by atoms with Crippen LogP contribution in [0, 0.1) is 0 Å². The van der Waals surface area contributed by atoms with E-state index in [1.54, 1.807) is 12.4 Å². The highest BCUT2D eigenvalue weighted by molar-refractivity contribution is 6.25. The Kier molecular flexibility index (Phi) is 8.10. The lowest BCUT2D eigenvalue weighted by molar-refractivity contribution is -0.189. The third-order valence-corrected chi connectivity index (χ3v) is 5.61. The fourth-order valence-electron chi connectivity index (χ4n) is 3.55. The van der Waals surface area contributed by atoms with Crippen molar-refractivity contribution in [3.8, 4) is 0 Å². The molecule has 1 heterocycles. The second kappa shape index (κ2) is 11.8. The number of benzene rings is 3. The third kappa shape index (κ3) is 6.91. The van der Waals surface area contributed by atoms with Gasteiger partial charge in [-0.15, -0.1) is 0 Å². The van der Waals surface area contributed by atoms with Crippen molar-refractivity contribution in [1.82, 2.24) is 0 Å². The number of nitrogens with zero attached hydrogens (tertiary/aromatic N) is 6. The van der Waals surface area contributed by atoms with E-state index in [4.69, 9.17) is 14.4 Å². The van der Waals surface area contributed by atoms with Crippen LogP contribution in [0.15, 0.2) is 86.7 Å². The summed E-state index contributed by atoms with van der Waals surface area (Å²) in [6.45, 7) is 0. The standard InChI is InChI=1S/C29H29N6O2/c1-34(2)23-12-8-21(9-13-23)19-32-26-6-5-7-27(25(26)18-28(36)37-29-30-16-17-31-29)33-20-22-10-14-24(15-11-22)35(3)4/h5-17,19-20H,18H2,1-4H3/q+1. The van der Waals surface area contributed by atoms with E-state index < -0.39 is 5.97 Å². The number of aliphatic imine (C=N–C) groups is 4. The Balaban J connectivity index is 1.65. The molecule has 0 N–H and O–H groups in total. The summed E-state index contributed by atoms with van der Waals surface area (Å²) in [6, 6.07) is 21.7. The van der Waals surface area contributed by atoms with Crippen LogP contribution < -0.4 is 9.80 Å². The molecule has 37 heavy (non-hydrogen) atoms. The third-order valence-electron chi connectivity index (χ3n) is 5.61. The number of hydrogen-bond acceptors (Lipinski definition) is 5. The Morgan fingerprint density at radius 1 is 0.757 bits per heavy atom. The topological polar surface area (TPSA) is 84.3 Å². The van der Waals surface area contributed by atoms with Crippen molar-refractivity contribution in [2.75, 3.05) is 38.0 Å². The normalized spacial score (nSPS) is 12.6. The fourth-order valence-corrected chi connectivity index (χ4v) is 3.55. The van der Waals surface area contributed by atoms with Crippen molar-refractivity contribution in [2.45, 2.75) is 6.42 Å². The zero-order chi connectivity index (χ0) is 26.2. The molecule has 0 atom stereocenters. The first-order valence-electron chi connectivity index (χ1n) is 11.8. The second-order valence-electron chi connectivity index (χ2n) is 8.75. The first kappa shape index (κ1) is 25.4. The number of amides is 2. The van der Waals surface area contributed by atoms with Gasteiger partial charge >= 0.3 is 12.0 Å². The van der Waals surface area contributed by atoms with Crippen molar-refractivity contribution in [3.05, 3.63) is 83.4 Å². The number of urea groups is 1. The van der Waals surface area contributed by atoms with E-state index in [2.05, 4.69) is 9.98 Å². The summed E-state index contributed by atoms with van der Waals surface area (Å²) < 4.78 is 5.29. The lowest BCUT2D eigenvalue weighted by Gasteiger charge is -2.12. The highest BCUT2D eigenvalue weighted by atomic mass is 16.5. The van der Waals surface area contributed by atoms with Crippen LogP contribution >= 0.6 is 0 Å². The van der Waals surface area contributed by atoms with Gasteiger partial charge in [-0.1, -0.05) is 30.3 Å². The molecule has 0 radical (unpaired) electrons. The maximum atomic E-state index is 12.7. The van der Waals surface area contributed by atoms with Gasteiger partial charge in [-0.25, -0.2) is 4.42 Å². The van der Waals surface area contributed by atoms with Gasteiger partial charge in [0, 0.05) is 62.4 Å². The number of carbonyl (C=O) groups is 1. The molecular weight excluding hydrogens is 464 g/mol. The molecule has 0 bridgehead atoms. The quantitative estimate of drug-likeness (QED) is 0.319. The Morgan fingerprint density at radius 3 is 1.65 bits per heavy atom. The molecule has 0 aromatic heterocycles. The SMILES string of the molecule is CN(C)c1ccc(C=Nc2cccc(N=Cc3ccc(N(C)C)cc3)c2CC(=O)[O+]=C2N=CC=N2)cc1. The first-order chi connectivity index (χ1) is 17.9. The van der Waals surface area contributed by atoms with Crippen LogP contribution in [0.4, 0.5) is 27.2 Å². The smallest absolute Gasteiger partial charge is 0.378 e. The van der Waals surface area contributed by atoms with Crippen molar-refractivity contribution in [2.24, 2.45) is 20.0 Å². The van der Waals surface area contributed by atoms with E-state index in [1.807, 2.05) is 105 Å². The van der Waals surface area contributed by atoms with E-state index in [9.17, 15) is 4.79 Å². The monoisotopic (exact) mass is 493 g/mol. The van der Waals surface area contributed by atoms with Crippen LogP contribution in [0.5, 0.6) is 0 Å². The van der Waals surface area contributed by atoms with E-state index in [0.717, 1.165) is 22.5 Å². The predicted octanol–water partition coefficient (Wildman–Crippen LogP) is 5.20. The average molecular weight is 494 g/mol. The maximum Gasteiger partial charge on any atom is 0.587 e. The van der Waals surface area contributed by atoms with E-state index >= 15 is 0 Å². The van der Waals surface area contributed by atoms with Gasteiger partial charge < -0.3 is 9.80 Å². The molecule has 1 aliphatic rings. The first-order valence-corrected chi connectivity index (χ1v) is 11.8. The zero-order valence-electron chi connectivity index (χ0n) is 21.4. The summed E-state index contributed by atoms with van der Waals surface area (Å²) in [5.41, 5.74) is 6.01. The second-order valence-corrected chi connectivity index (χ2v) is 8.75. The number of anilines is 2. The average Bonchev–Trinajstić information content (AvgIpc) is 3.40. The minimum Gasteiger partial charge on any atom is -0.378 e. The van der Waals surface area contributed by atoms with Crippen LogP contribution in [0.1, 0.15) is 16.7 Å². The van der Waals surface area contributed by atoms with Gasteiger partial charge in [-0.05, 0) is 47.5 Å². The molecular formula is C29H29N6O2+. The van der Waals surface area contributed by atoms with Gasteiger partial charge in [0.1, 0.15) is 6.42 Å². The lowest BCUT2D eigenvalue weighted by atomic mass is 10.1. The molecule has 0 saturated heterocycles. The lowest BCUT2D eigenvalue weighted by Crippen LogP contribution is -2.08. The van der Waals surface area contributed by atoms with Crippen LogP contribution in [0.2, 0.25) is 0 Å². The summed E-state index contributed by atoms with van der Waals surface area (Å²) in [4.78, 5) is 34.0. The van der Waals surface area contributed by atoms with E-state index in [1.165, 1.54) is 12.4 Å². The molecule has 3 aromatic carbocycles. The van der Waals surface area contributed by atoms with Crippen molar-refractivity contribution >= 4 is 59.6 Å². The van der Waals surface area contributed by atoms with Gasteiger partial charge in [0.2, 0.25) is 0 Å². The highest BCUT2D eigenvalue weighted by Gasteiger charge is 2.23. The van der Waals surface area contributed by atoms with Crippen LogP contribution in [-0.2, 0) is 11.2 Å². The van der Waals surface area contributed by atoms with Crippen LogP contribution in [0.3, 0.4) is 0 Å². The Hall–Kier alpha value is -4.72. The molecule has 1 aliphatic heterocycles. The number of rotatable bonds is 8. The van der Waals surface area contributed by atoms with E-state index in [-0.39, 0.29) is 12.5 Å². The van der Waals surface area contributed by atoms with Gasteiger partial charge in [0.15, 0.2) is 0 Å². The minimum atomic E-state index is -0.490. The zero-order valence-corrected chi connectivity index (χ0v) is 21.4. The van der Waals surface area contributed by atoms with E-state index in [0.29, 0.717) is 16.9 Å². The van der Waals surface area contributed by atoms with Gasteiger partial charge in [-0.2, -0.15) is 9.98 Å². The Labute approximate surface area is 216 Å². The summed E-state index contributed by atoms with van der Waals surface area (Å²) in [6.07, 6.45) is 6.46. The minimum absolute atomic E-state index is 0.0259. The van der Waals surface area contributed by atoms with Crippen LogP contribution in [-0.4, -0.2) is 65.0 Å². The molecule has 8 heteroatoms. The predicted molar refractivity (Wildman–Crippen MR) is 154 cm³/mol. The molecule has 3 aromatic rings. The molecule has 4 rings (SSSR count). The summed E-state index contributed by atoms with van der Waals surface area (Å²) in [5.74, 6) is -0.490. The molecule has 2 amide bonds. The van der Waals surface area contributed by atoms with Gasteiger partial charge in [0.25, 0.3) is 0 Å². The summed E-state index contributed by atoms with van der Waals surface area (Å²) in [7, 11) is 7.99. The summed E-state index contributed by atoms with van der Waals surface area (Å²) >= 11 is 0. The Bertz CT molecular complexity index is 1310. The Morgan fingerprint density at radius 2 is 1.22 bits per heavy atom.